The molecule has 0 spiro atoms. The Hall–Kier alpha value is -1.93. The highest BCUT2D eigenvalue weighted by Gasteiger charge is 2.35. The maximum atomic E-state index is 12.7. The Bertz CT molecular complexity index is 814. The van der Waals surface area contributed by atoms with E-state index in [0.717, 1.165) is 25.7 Å². The van der Waals surface area contributed by atoms with Gasteiger partial charge in [-0.25, -0.2) is 8.42 Å². The van der Waals surface area contributed by atoms with E-state index in [2.05, 4.69) is 5.32 Å². The first-order chi connectivity index (χ1) is 13.3. The molecule has 1 aromatic carbocycles. The number of nitrogens with one attached hydrogen (secondary N) is 1. The monoisotopic (exact) mass is 407 g/mol. The summed E-state index contributed by atoms with van der Waals surface area (Å²) in [5.74, 6) is -0.383. The molecule has 28 heavy (non-hydrogen) atoms. The van der Waals surface area contributed by atoms with Crippen LogP contribution in [0.2, 0.25) is 0 Å². The number of hydrogen-bond acceptors (Lipinski definition) is 4. The van der Waals surface area contributed by atoms with Gasteiger partial charge in [0.2, 0.25) is 21.8 Å². The highest BCUT2D eigenvalue weighted by Crippen LogP contribution is 2.24. The van der Waals surface area contributed by atoms with Gasteiger partial charge in [-0.2, -0.15) is 4.31 Å². The number of hydrogen-bond donors (Lipinski definition) is 1. The molecule has 1 aromatic rings. The lowest BCUT2D eigenvalue weighted by Gasteiger charge is -2.26. The topological polar surface area (TPSA) is 86.8 Å². The van der Waals surface area contributed by atoms with Crippen LogP contribution in [-0.2, 0) is 19.6 Å². The number of rotatable bonds is 5. The Morgan fingerprint density at radius 2 is 1.64 bits per heavy atom. The van der Waals surface area contributed by atoms with Crippen LogP contribution in [0.3, 0.4) is 0 Å². The van der Waals surface area contributed by atoms with Crippen molar-refractivity contribution in [2.45, 2.75) is 56.9 Å². The minimum atomic E-state index is -3.48. The first-order valence-corrected chi connectivity index (χ1v) is 11.5. The molecular formula is C20H29N3O4S. The van der Waals surface area contributed by atoms with E-state index < -0.39 is 16.1 Å². The fourth-order valence-electron chi connectivity index (χ4n) is 3.82. The van der Waals surface area contributed by atoms with Gasteiger partial charge in [-0.05, 0) is 49.9 Å². The number of carbonyl (C=O) groups excluding carboxylic acids is 2. The molecule has 2 aliphatic heterocycles. The predicted octanol–water partition coefficient (Wildman–Crippen LogP) is 2.45. The van der Waals surface area contributed by atoms with Gasteiger partial charge in [-0.1, -0.05) is 20.3 Å². The van der Waals surface area contributed by atoms with Crippen molar-refractivity contribution in [2.75, 3.05) is 25.0 Å². The number of carbonyl (C=O) groups is 2. The molecule has 2 heterocycles. The van der Waals surface area contributed by atoms with Crippen molar-refractivity contribution < 1.29 is 18.0 Å². The van der Waals surface area contributed by atoms with E-state index in [4.69, 9.17) is 0 Å². The first kappa shape index (κ1) is 20.8. The minimum absolute atomic E-state index is 0.0133. The number of benzene rings is 1. The zero-order valence-electron chi connectivity index (χ0n) is 16.6. The molecule has 1 atom stereocenters. The first-order valence-electron chi connectivity index (χ1n) is 10.0. The molecule has 2 saturated heterocycles. The SMILES string of the molecule is CC(C)C(=O)N1CCCC1C(=O)Nc1ccc(S(=O)(=O)N2CCCCC2)cc1. The van der Waals surface area contributed by atoms with E-state index in [9.17, 15) is 18.0 Å². The second-order valence-corrected chi connectivity index (χ2v) is 9.76. The van der Waals surface area contributed by atoms with Crippen LogP contribution in [0.4, 0.5) is 5.69 Å². The van der Waals surface area contributed by atoms with E-state index >= 15 is 0 Å². The molecule has 1 unspecified atom stereocenters. The van der Waals surface area contributed by atoms with Crippen LogP contribution >= 0.6 is 0 Å². The van der Waals surface area contributed by atoms with E-state index in [1.807, 2.05) is 13.8 Å². The lowest BCUT2D eigenvalue weighted by molar-refractivity contribution is -0.139. The highest BCUT2D eigenvalue weighted by molar-refractivity contribution is 7.89. The van der Waals surface area contributed by atoms with Crippen molar-refractivity contribution in [3.05, 3.63) is 24.3 Å². The summed E-state index contributed by atoms with van der Waals surface area (Å²) < 4.78 is 26.9. The van der Waals surface area contributed by atoms with Crippen LogP contribution in [0.15, 0.2) is 29.2 Å². The zero-order valence-corrected chi connectivity index (χ0v) is 17.4. The van der Waals surface area contributed by atoms with Crippen LogP contribution in [0, 0.1) is 5.92 Å². The molecule has 0 bridgehead atoms. The molecule has 0 radical (unpaired) electrons. The normalized spacial score (nSPS) is 21.1. The third kappa shape index (κ3) is 4.38. The molecule has 8 heteroatoms. The Labute approximate surface area is 167 Å². The van der Waals surface area contributed by atoms with Gasteiger partial charge in [-0.3, -0.25) is 9.59 Å². The zero-order chi connectivity index (χ0) is 20.3. The van der Waals surface area contributed by atoms with Crippen molar-refractivity contribution in [3.8, 4) is 0 Å². The Kier molecular flexibility index (Phi) is 6.40. The van der Waals surface area contributed by atoms with Gasteiger partial charge in [0.15, 0.2) is 0 Å². The summed E-state index contributed by atoms with van der Waals surface area (Å²) in [4.78, 5) is 26.8. The molecule has 7 nitrogen and oxygen atoms in total. The number of anilines is 1. The van der Waals surface area contributed by atoms with Crippen LogP contribution in [-0.4, -0.2) is 55.1 Å². The molecule has 3 rings (SSSR count). The van der Waals surface area contributed by atoms with Crippen molar-refractivity contribution in [3.63, 3.8) is 0 Å². The summed E-state index contributed by atoms with van der Waals surface area (Å²) in [6.45, 7) is 5.38. The highest BCUT2D eigenvalue weighted by atomic mass is 32.2. The lowest BCUT2D eigenvalue weighted by atomic mass is 10.1. The third-order valence-corrected chi connectivity index (χ3v) is 7.32. The van der Waals surface area contributed by atoms with Gasteiger partial charge in [0.1, 0.15) is 6.04 Å². The van der Waals surface area contributed by atoms with Crippen LogP contribution in [0.25, 0.3) is 0 Å². The summed E-state index contributed by atoms with van der Waals surface area (Å²) in [6.07, 6.45) is 4.30. The largest absolute Gasteiger partial charge is 0.330 e. The van der Waals surface area contributed by atoms with Crippen molar-refractivity contribution in [2.24, 2.45) is 5.92 Å². The summed E-state index contributed by atoms with van der Waals surface area (Å²) in [5.41, 5.74) is 0.534. The summed E-state index contributed by atoms with van der Waals surface area (Å²) in [6, 6.07) is 5.82. The van der Waals surface area contributed by atoms with Crippen molar-refractivity contribution in [1.82, 2.24) is 9.21 Å². The smallest absolute Gasteiger partial charge is 0.247 e. The molecule has 0 aromatic heterocycles. The van der Waals surface area contributed by atoms with Gasteiger partial charge in [0.05, 0.1) is 4.90 Å². The predicted molar refractivity (Wildman–Crippen MR) is 107 cm³/mol. The quantitative estimate of drug-likeness (QED) is 0.812. The van der Waals surface area contributed by atoms with Gasteiger partial charge in [0, 0.05) is 31.2 Å². The fraction of sp³-hybridized carbons (Fsp3) is 0.600. The maximum Gasteiger partial charge on any atom is 0.247 e. The van der Waals surface area contributed by atoms with Crippen LogP contribution < -0.4 is 5.32 Å². The molecule has 1 N–H and O–H groups in total. The lowest BCUT2D eigenvalue weighted by Crippen LogP contribution is -2.44. The minimum Gasteiger partial charge on any atom is -0.330 e. The Morgan fingerprint density at radius 3 is 2.25 bits per heavy atom. The number of amides is 2. The van der Waals surface area contributed by atoms with Gasteiger partial charge >= 0.3 is 0 Å². The molecule has 0 saturated carbocycles. The maximum absolute atomic E-state index is 12.7. The van der Waals surface area contributed by atoms with Crippen molar-refractivity contribution >= 4 is 27.5 Å². The van der Waals surface area contributed by atoms with Crippen LogP contribution in [0.1, 0.15) is 46.0 Å². The second-order valence-electron chi connectivity index (χ2n) is 7.82. The standard InChI is InChI=1S/C20H29N3O4S/c1-15(2)20(25)23-14-6-7-18(23)19(24)21-16-8-10-17(11-9-16)28(26,27)22-12-4-3-5-13-22/h8-11,15,18H,3-7,12-14H2,1-2H3,(H,21,24). The number of sulfonamides is 1. The van der Waals surface area contributed by atoms with E-state index in [-0.39, 0.29) is 22.6 Å². The van der Waals surface area contributed by atoms with Gasteiger partial charge < -0.3 is 10.2 Å². The molecular weight excluding hydrogens is 378 g/mol. The van der Waals surface area contributed by atoms with E-state index in [1.54, 1.807) is 17.0 Å². The van der Waals surface area contributed by atoms with Crippen molar-refractivity contribution in [1.29, 1.82) is 0 Å². The average molecular weight is 408 g/mol. The molecule has 2 aliphatic rings. The van der Waals surface area contributed by atoms with Crippen LogP contribution in [0.5, 0.6) is 0 Å². The number of likely N-dealkylation sites (tertiary alicyclic amines) is 1. The average Bonchev–Trinajstić information content (AvgIpc) is 3.18. The second kappa shape index (κ2) is 8.61. The summed E-state index contributed by atoms with van der Waals surface area (Å²) in [5, 5.41) is 2.82. The van der Waals surface area contributed by atoms with E-state index in [0.29, 0.717) is 31.7 Å². The Morgan fingerprint density at radius 1 is 1.00 bits per heavy atom. The summed E-state index contributed by atoms with van der Waals surface area (Å²) in [7, 11) is -3.48. The molecule has 154 valence electrons. The summed E-state index contributed by atoms with van der Waals surface area (Å²) >= 11 is 0. The molecule has 0 aliphatic carbocycles. The van der Waals surface area contributed by atoms with Gasteiger partial charge in [-0.15, -0.1) is 0 Å². The Balaban J connectivity index is 1.67. The van der Waals surface area contributed by atoms with E-state index in [1.165, 1.54) is 16.4 Å². The molecule has 2 amide bonds. The third-order valence-electron chi connectivity index (χ3n) is 5.41. The number of piperidine rings is 1. The fourth-order valence-corrected chi connectivity index (χ4v) is 5.34. The molecule has 2 fully saturated rings. The van der Waals surface area contributed by atoms with Gasteiger partial charge in [0.25, 0.3) is 0 Å². The number of nitrogens with zero attached hydrogens (tertiary/aromatic N) is 2.